The van der Waals surface area contributed by atoms with Crippen molar-refractivity contribution < 1.29 is 0 Å². The van der Waals surface area contributed by atoms with Gasteiger partial charge in [0.25, 0.3) is 0 Å². The molecule has 4 rings (SSSR count). The Balaban J connectivity index is 2.05. The van der Waals surface area contributed by atoms with Crippen LogP contribution in [-0.4, -0.2) is 0 Å². The molecule has 0 fully saturated rings. The van der Waals surface area contributed by atoms with Gasteiger partial charge in [0.05, 0.1) is 0 Å². The Bertz CT molecular complexity index is 940. The van der Waals surface area contributed by atoms with E-state index in [1.807, 2.05) is 11.3 Å². The van der Waals surface area contributed by atoms with Crippen LogP contribution in [0.1, 0.15) is 11.1 Å². The van der Waals surface area contributed by atoms with E-state index in [1.54, 1.807) is 0 Å². The molecule has 0 unspecified atom stereocenters. The lowest BCUT2D eigenvalue weighted by molar-refractivity contribution is 1.38. The largest absolute Gasteiger partial charge is 0.135 e. The minimum absolute atomic E-state index is 1.32. The first-order valence-electron chi connectivity index (χ1n) is 7.22. The van der Waals surface area contributed by atoms with E-state index in [1.165, 1.54) is 42.4 Å². The summed E-state index contributed by atoms with van der Waals surface area (Å²) in [7, 11) is 0. The summed E-state index contributed by atoms with van der Waals surface area (Å²) in [5.41, 5.74) is 5.37. The molecule has 0 radical (unpaired) electrons. The molecular weight excluding hydrogens is 272 g/mol. The number of benzene rings is 3. The van der Waals surface area contributed by atoms with E-state index in [0.717, 1.165) is 0 Å². The van der Waals surface area contributed by atoms with Crippen LogP contribution in [0.25, 0.3) is 31.3 Å². The lowest BCUT2D eigenvalue weighted by Crippen LogP contribution is -1.87. The number of thiophene rings is 1. The highest BCUT2D eigenvalue weighted by Crippen LogP contribution is 2.37. The monoisotopic (exact) mass is 288 g/mol. The van der Waals surface area contributed by atoms with Crippen LogP contribution in [0.3, 0.4) is 0 Å². The Morgan fingerprint density at radius 2 is 1.38 bits per heavy atom. The normalized spacial score (nSPS) is 11.3. The summed E-state index contributed by atoms with van der Waals surface area (Å²) >= 11 is 1.87. The Hall–Kier alpha value is -2.12. The van der Waals surface area contributed by atoms with E-state index < -0.39 is 0 Å². The maximum atomic E-state index is 2.35. The number of fused-ring (bicyclic) bond motifs is 3. The molecule has 0 amide bonds. The average molecular weight is 288 g/mol. The Morgan fingerprint density at radius 1 is 0.667 bits per heavy atom. The second-order valence-corrected chi connectivity index (χ2v) is 6.66. The Labute approximate surface area is 128 Å². The average Bonchev–Trinajstić information content (AvgIpc) is 2.85. The fourth-order valence-electron chi connectivity index (χ4n) is 3.15. The molecule has 3 aromatic carbocycles. The molecule has 4 aromatic rings. The van der Waals surface area contributed by atoms with Crippen LogP contribution < -0.4 is 0 Å². The summed E-state index contributed by atoms with van der Waals surface area (Å²) in [6, 6.07) is 22.1. The third-order valence-corrected chi connectivity index (χ3v) is 5.30. The van der Waals surface area contributed by atoms with E-state index in [9.17, 15) is 0 Å². The molecule has 0 aliphatic rings. The molecule has 0 saturated heterocycles. The Kier molecular flexibility index (Phi) is 2.83. The molecule has 1 aromatic heterocycles. The van der Waals surface area contributed by atoms with E-state index in [4.69, 9.17) is 0 Å². The van der Waals surface area contributed by atoms with Gasteiger partial charge in [-0.25, -0.2) is 0 Å². The molecule has 0 saturated carbocycles. The van der Waals surface area contributed by atoms with Crippen LogP contribution in [0.5, 0.6) is 0 Å². The standard InChI is InChI=1S/C20H16S/c1-13-6-5-7-14(2)20(13)15-10-11-19-17(12-15)16-8-3-4-9-18(16)21-19/h3-12H,1-2H3. The first-order valence-corrected chi connectivity index (χ1v) is 8.03. The fraction of sp³-hybridized carbons (Fsp3) is 0.100. The van der Waals surface area contributed by atoms with Crippen LogP contribution in [0.15, 0.2) is 60.7 Å². The summed E-state index contributed by atoms with van der Waals surface area (Å²) in [5, 5.41) is 2.74. The third kappa shape index (κ3) is 1.97. The summed E-state index contributed by atoms with van der Waals surface area (Å²) in [4.78, 5) is 0. The highest BCUT2D eigenvalue weighted by atomic mass is 32.1. The van der Waals surface area contributed by atoms with E-state index >= 15 is 0 Å². The summed E-state index contributed by atoms with van der Waals surface area (Å²) in [6.45, 7) is 4.39. The van der Waals surface area contributed by atoms with Crippen LogP contribution >= 0.6 is 11.3 Å². The van der Waals surface area contributed by atoms with Crippen molar-refractivity contribution >= 4 is 31.5 Å². The molecule has 1 heterocycles. The van der Waals surface area contributed by atoms with E-state index in [0.29, 0.717) is 0 Å². The molecule has 0 atom stereocenters. The zero-order valence-electron chi connectivity index (χ0n) is 12.2. The van der Waals surface area contributed by atoms with Crippen molar-refractivity contribution in [3.05, 3.63) is 71.8 Å². The highest BCUT2D eigenvalue weighted by molar-refractivity contribution is 7.25. The van der Waals surface area contributed by atoms with Gasteiger partial charge in [-0.05, 0) is 54.3 Å². The molecular formula is C20H16S. The molecule has 0 aliphatic heterocycles. The second kappa shape index (κ2) is 4.71. The van der Waals surface area contributed by atoms with E-state index in [-0.39, 0.29) is 0 Å². The minimum atomic E-state index is 1.32. The van der Waals surface area contributed by atoms with Gasteiger partial charge in [0.1, 0.15) is 0 Å². The van der Waals surface area contributed by atoms with Gasteiger partial charge in [-0.15, -0.1) is 11.3 Å². The van der Waals surface area contributed by atoms with Crippen LogP contribution in [0.2, 0.25) is 0 Å². The molecule has 0 bridgehead atoms. The molecule has 0 N–H and O–H groups in total. The first-order chi connectivity index (χ1) is 10.2. The van der Waals surface area contributed by atoms with Crippen molar-refractivity contribution in [2.45, 2.75) is 13.8 Å². The molecule has 102 valence electrons. The molecule has 0 aliphatic carbocycles. The maximum absolute atomic E-state index is 2.35. The molecule has 0 nitrogen and oxygen atoms in total. The van der Waals surface area contributed by atoms with Crippen molar-refractivity contribution in [2.24, 2.45) is 0 Å². The van der Waals surface area contributed by atoms with Gasteiger partial charge in [0.15, 0.2) is 0 Å². The SMILES string of the molecule is Cc1cccc(C)c1-c1ccc2sc3ccccc3c2c1. The van der Waals surface area contributed by atoms with Gasteiger partial charge >= 0.3 is 0 Å². The summed E-state index contributed by atoms with van der Waals surface area (Å²) in [6.07, 6.45) is 0. The van der Waals surface area contributed by atoms with Gasteiger partial charge < -0.3 is 0 Å². The lowest BCUT2D eigenvalue weighted by atomic mass is 9.95. The molecule has 21 heavy (non-hydrogen) atoms. The van der Waals surface area contributed by atoms with E-state index in [2.05, 4.69) is 74.5 Å². The molecule has 1 heteroatoms. The third-order valence-electron chi connectivity index (χ3n) is 4.15. The van der Waals surface area contributed by atoms with Gasteiger partial charge in [-0.3, -0.25) is 0 Å². The second-order valence-electron chi connectivity index (χ2n) is 5.58. The van der Waals surface area contributed by atoms with Crippen molar-refractivity contribution in [1.29, 1.82) is 0 Å². The van der Waals surface area contributed by atoms with Gasteiger partial charge in [-0.1, -0.05) is 42.5 Å². The van der Waals surface area contributed by atoms with Crippen molar-refractivity contribution in [2.75, 3.05) is 0 Å². The Morgan fingerprint density at radius 3 is 2.19 bits per heavy atom. The highest BCUT2D eigenvalue weighted by Gasteiger charge is 2.09. The zero-order valence-corrected chi connectivity index (χ0v) is 13.0. The lowest BCUT2D eigenvalue weighted by Gasteiger charge is -2.10. The smallest absolute Gasteiger partial charge is 0.0355 e. The van der Waals surface area contributed by atoms with Crippen molar-refractivity contribution in [3.8, 4) is 11.1 Å². The minimum Gasteiger partial charge on any atom is -0.135 e. The quantitative estimate of drug-likeness (QED) is 0.383. The fourth-order valence-corrected chi connectivity index (χ4v) is 4.24. The van der Waals surface area contributed by atoms with Crippen LogP contribution in [-0.2, 0) is 0 Å². The van der Waals surface area contributed by atoms with Crippen molar-refractivity contribution in [1.82, 2.24) is 0 Å². The predicted molar refractivity (Wildman–Crippen MR) is 94.2 cm³/mol. The number of hydrogen-bond acceptors (Lipinski definition) is 1. The van der Waals surface area contributed by atoms with Crippen LogP contribution in [0, 0.1) is 13.8 Å². The van der Waals surface area contributed by atoms with Crippen molar-refractivity contribution in [3.63, 3.8) is 0 Å². The predicted octanol–water partition coefficient (Wildman–Crippen LogP) is 6.34. The molecule has 0 spiro atoms. The maximum Gasteiger partial charge on any atom is 0.0355 e. The van der Waals surface area contributed by atoms with Crippen LogP contribution in [0.4, 0.5) is 0 Å². The summed E-state index contributed by atoms with van der Waals surface area (Å²) < 4.78 is 2.73. The van der Waals surface area contributed by atoms with Gasteiger partial charge in [0.2, 0.25) is 0 Å². The van der Waals surface area contributed by atoms with Gasteiger partial charge in [-0.2, -0.15) is 0 Å². The number of aryl methyl sites for hydroxylation is 2. The van der Waals surface area contributed by atoms with Gasteiger partial charge in [0, 0.05) is 20.2 Å². The number of rotatable bonds is 1. The first kappa shape index (κ1) is 12.6. The topological polar surface area (TPSA) is 0 Å². The zero-order chi connectivity index (χ0) is 14.4. The number of hydrogen-bond donors (Lipinski definition) is 0. The summed E-state index contributed by atoms with van der Waals surface area (Å²) in [5.74, 6) is 0.